The molecule has 1 aliphatic carbocycles. The van der Waals surface area contributed by atoms with E-state index in [-0.39, 0.29) is 5.41 Å². The number of para-hydroxylation sites is 2. The van der Waals surface area contributed by atoms with Crippen LogP contribution in [0.25, 0.3) is 43.8 Å². The molecule has 3 heterocycles. The summed E-state index contributed by atoms with van der Waals surface area (Å²) >= 11 is 0. The van der Waals surface area contributed by atoms with E-state index >= 15 is 0 Å². The van der Waals surface area contributed by atoms with Gasteiger partial charge in [-0.15, -0.1) is 0 Å². The molecule has 0 atom stereocenters. The average molecular weight is 730 g/mol. The Morgan fingerprint density at radius 1 is 0.446 bits per heavy atom. The van der Waals surface area contributed by atoms with Crippen molar-refractivity contribution in [2.45, 2.75) is 70.6 Å². The Hall–Kier alpha value is -5.54. The van der Waals surface area contributed by atoms with E-state index in [1.165, 1.54) is 133 Å². The molecule has 0 saturated carbocycles. The summed E-state index contributed by atoms with van der Waals surface area (Å²) in [6, 6.07) is 49.7. The van der Waals surface area contributed by atoms with Crippen molar-refractivity contribution in [3.8, 4) is 22.3 Å². The zero-order valence-electron chi connectivity index (χ0n) is 33.0. The van der Waals surface area contributed by atoms with Gasteiger partial charge < -0.3 is 14.7 Å². The molecular formula is C53H51N3. The van der Waals surface area contributed by atoms with Crippen LogP contribution in [0.5, 0.6) is 0 Å². The highest BCUT2D eigenvalue weighted by Gasteiger charge is 2.36. The SMILES string of the molecule is CC1(C)c2ccccc2-c2ccc(-c3c4cc(N5CCCCC5)ccc4c(N4c5ccccc5CCc5ccccc54)c4cc(N5CCCCC5)ccc34)cc21. The average Bonchev–Trinajstić information content (AvgIpc) is 3.36. The zero-order valence-corrected chi connectivity index (χ0v) is 33.0. The van der Waals surface area contributed by atoms with Crippen molar-refractivity contribution >= 4 is 50.0 Å². The van der Waals surface area contributed by atoms with Gasteiger partial charge >= 0.3 is 0 Å². The molecule has 3 nitrogen and oxygen atoms in total. The van der Waals surface area contributed by atoms with E-state index in [0.29, 0.717) is 0 Å². The first kappa shape index (κ1) is 33.8. The van der Waals surface area contributed by atoms with Crippen LogP contribution in [0.4, 0.5) is 28.4 Å². The van der Waals surface area contributed by atoms with Gasteiger partial charge in [0.1, 0.15) is 0 Å². The van der Waals surface area contributed by atoms with Gasteiger partial charge in [-0.3, -0.25) is 0 Å². The van der Waals surface area contributed by atoms with Crippen LogP contribution in [0.3, 0.4) is 0 Å². The van der Waals surface area contributed by atoms with Crippen molar-refractivity contribution in [2.24, 2.45) is 0 Å². The lowest BCUT2D eigenvalue weighted by Crippen LogP contribution is -2.29. The Bertz CT molecular complexity index is 2610. The number of rotatable bonds is 4. The smallest absolute Gasteiger partial charge is 0.0619 e. The van der Waals surface area contributed by atoms with Crippen molar-refractivity contribution in [3.05, 3.63) is 150 Å². The Balaban J connectivity index is 1.25. The first-order valence-electron chi connectivity index (χ1n) is 21.3. The van der Waals surface area contributed by atoms with Gasteiger partial charge in [-0.25, -0.2) is 0 Å². The van der Waals surface area contributed by atoms with Crippen molar-refractivity contribution in [3.63, 3.8) is 0 Å². The Kier molecular flexibility index (Phi) is 8.02. The third kappa shape index (κ3) is 5.30. The molecule has 3 aliphatic heterocycles. The molecule has 0 radical (unpaired) electrons. The summed E-state index contributed by atoms with van der Waals surface area (Å²) in [5, 5.41) is 5.32. The molecule has 7 aromatic rings. The van der Waals surface area contributed by atoms with Crippen LogP contribution in [0.2, 0.25) is 0 Å². The molecule has 7 aromatic carbocycles. The van der Waals surface area contributed by atoms with Gasteiger partial charge in [0, 0.05) is 65.1 Å². The zero-order chi connectivity index (χ0) is 37.4. The van der Waals surface area contributed by atoms with Gasteiger partial charge in [-0.1, -0.05) is 98.8 Å². The minimum absolute atomic E-state index is 0.0760. The normalized spacial score (nSPS) is 17.4. The summed E-state index contributed by atoms with van der Waals surface area (Å²) in [4.78, 5) is 7.92. The first-order chi connectivity index (χ1) is 27.5. The summed E-state index contributed by atoms with van der Waals surface area (Å²) in [6.07, 6.45) is 9.74. The lowest BCUT2D eigenvalue weighted by Gasteiger charge is -2.33. The number of nitrogens with zero attached hydrogens (tertiary/aromatic N) is 3. The molecule has 2 fully saturated rings. The van der Waals surface area contributed by atoms with Crippen LogP contribution < -0.4 is 14.7 Å². The van der Waals surface area contributed by atoms with Gasteiger partial charge in [0.05, 0.1) is 5.69 Å². The summed E-state index contributed by atoms with van der Waals surface area (Å²) in [7, 11) is 0. The minimum Gasteiger partial charge on any atom is -0.372 e. The number of anilines is 5. The Morgan fingerprint density at radius 2 is 1.00 bits per heavy atom. The molecule has 2 saturated heterocycles. The van der Waals surface area contributed by atoms with Gasteiger partial charge in [0.25, 0.3) is 0 Å². The van der Waals surface area contributed by atoms with Gasteiger partial charge in [-0.2, -0.15) is 0 Å². The predicted molar refractivity (Wildman–Crippen MR) is 239 cm³/mol. The molecule has 0 unspecified atom stereocenters. The third-order valence-corrected chi connectivity index (χ3v) is 13.7. The molecule has 11 rings (SSSR count). The molecule has 0 bridgehead atoms. The van der Waals surface area contributed by atoms with E-state index in [9.17, 15) is 0 Å². The van der Waals surface area contributed by atoms with Crippen LogP contribution in [0.1, 0.15) is 74.6 Å². The standard InChI is InChI=1S/C53H51N3/c1-53(2)47-18-8-7-17-41(47)42-26-23-38(33-48(42)53)51-43-27-24-40(55-31-13-4-14-32-55)35-46(43)52(44-28-25-39(34-45(44)51)54-29-11-3-12-30-54)56-49-19-9-5-15-36(49)21-22-37-16-6-10-20-50(37)56/h5-10,15-20,23-28,33-35H,3-4,11-14,21-22,29-32H2,1-2H3. The summed E-state index contributed by atoms with van der Waals surface area (Å²) < 4.78 is 0. The van der Waals surface area contributed by atoms with Gasteiger partial charge in [-0.05, 0) is 149 Å². The van der Waals surface area contributed by atoms with Gasteiger partial charge in [0.15, 0.2) is 0 Å². The number of piperidine rings is 2. The van der Waals surface area contributed by atoms with Crippen molar-refractivity contribution in [1.82, 2.24) is 0 Å². The van der Waals surface area contributed by atoms with Crippen LogP contribution >= 0.6 is 0 Å². The Labute approximate surface area is 332 Å². The lowest BCUT2D eigenvalue weighted by molar-refractivity contribution is 0.578. The lowest BCUT2D eigenvalue weighted by atomic mass is 9.81. The Morgan fingerprint density at radius 3 is 1.66 bits per heavy atom. The van der Waals surface area contributed by atoms with Crippen LogP contribution in [-0.2, 0) is 18.3 Å². The number of hydrogen-bond acceptors (Lipinski definition) is 3. The van der Waals surface area contributed by atoms with Crippen LogP contribution in [-0.4, -0.2) is 26.2 Å². The van der Waals surface area contributed by atoms with E-state index in [1.54, 1.807) is 0 Å². The molecule has 0 spiro atoms. The van der Waals surface area contributed by atoms with Crippen LogP contribution in [0.15, 0.2) is 127 Å². The maximum absolute atomic E-state index is 2.65. The summed E-state index contributed by atoms with van der Waals surface area (Å²) in [5.41, 5.74) is 17.6. The fourth-order valence-corrected chi connectivity index (χ4v) is 10.8. The monoisotopic (exact) mass is 729 g/mol. The summed E-state index contributed by atoms with van der Waals surface area (Å²) in [5.74, 6) is 0. The topological polar surface area (TPSA) is 9.72 Å². The molecule has 0 N–H and O–H groups in total. The highest BCUT2D eigenvalue weighted by Crippen LogP contribution is 2.54. The first-order valence-corrected chi connectivity index (χ1v) is 21.3. The second-order valence-electron chi connectivity index (χ2n) is 17.3. The third-order valence-electron chi connectivity index (χ3n) is 13.7. The second-order valence-corrected chi connectivity index (χ2v) is 17.3. The fourth-order valence-electron chi connectivity index (χ4n) is 10.8. The van der Waals surface area contributed by atoms with E-state index in [2.05, 4.69) is 156 Å². The van der Waals surface area contributed by atoms with E-state index < -0.39 is 0 Å². The van der Waals surface area contributed by atoms with Crippen LogP contribution in [0, 0.1) is 0 Å². The maximum atomic E-state index is 2.65. The van der Waals surface area contributed by atoms with Crippen molar-refractivity contribution in [1.29, 1.82) is 0 Å². The van der Waals surface area contributed by atoms with E-state index in [1.807, 2.05) is 0 Å². The molecule has 4 aliphatic rings. The molecule has 0 amide bonds. The highest BCUT2D eigenvalue weighted by molar-refractivity contribution is 6.23. The fraction of sp³-hybridized carbons (Fsp3) is 0.283. The number of fused-ring (bicyclic) bond motifs is 7. The van der Waals surface area contributed by atoms with E-state index in [0.717, 1.165) is 39.0 Å². The molecule has 56 heavy (non-hydrogen) atoms. The predicted octanol–water partition coefficient (Wildman–Crippen LogP) is 13.5. The molecule has 0 aromatic heterocycles. The quantitative estimate of drug-likeness (QED) is 0.167. The summed E-state index contributed by atoms with van der Waals surface area (Å²) in [6.45, 7) is 9.31. The molecule has 3 heteroatoms. The molecular weight excluding hydrogens is 679 g/mol. The molecule has 278 valence electrons. The number of benzene rings is 7. The maximum Gasteiger partial charge on any atom is 0.0619 e. The number of aryl methyl sites for hydroxylation is 2. The van der Waals surface area contributed by atoms with E-state index in [4.69, 9.17) is 0 Å². The van der Waals surface area contributed by atoms with Crippen molar-refractivity contribution < 1.29 is 0 Å². The number of hydrogen-bond donors (Lipinski definition) is 0. The highest BCUT2D eigenvalue weighted by atomic mass is 15.2. The van der Waals surface area contributed by atoms with Crippen molar-refractivity contribution in [2.75, 3.05) is 40.9 Å². The van der Waals surface area contributed by atoms with Gasteiger partial charge in [0.2, 0.25) is 0 Å². The minimum atomic E-state index is -0.0760. The second kappa shape index (κ2) is 13.3. The largest absolute Gasteiger partial charge is 0.372 e.